The SMILES string of the molecule is CCOC1CC(N)C1NC(=O)c1ccc([N+](=O)[O-])cc1. The number of hydrogen-bond donors (Lipinski definition) is 2. The first-order chi connectivity index (χ1) is 9.52. The van der Waals surface area contributed by atoms with Crippen LogP contribution in [0.15, 0.2) is 24.3 Å². The maximum Gasteiger partial charge on any atom is 0.269 e. The second-order valence-corrected chi connectivity index (χ2v) is 4.70. The topological polar surface area (TPSA) is 107 Å². The van der Waals surface area contributed by atoms with E-state index in [1.165, 1.54) is 24.3 Å². The number of nitro groups is 1. The van der Waals surface area contributed by atoms with Crippen LogP contribution in [0.1, 0.15) is 23.7 Å². The standard InChI is InChI=1S/C13H17N3O4/c1-2-20-11-7-10(14)12(11)15-13(17)8-3-5-9(6-4-8)16(18)19/h3-6,10-12H,2,7,14H2,1H3,(H,15,17). The highest BCUT2D eigenvalue weighted by atomic mass is 16.6. The van der Waals surface area contributed by atoms with Gasteiger partial charge in [0.15, 0.2) is 0 Å². The fourth-order valence-corrected chi connectivity index (χ4v) is 2.20. The Morgan fingerprint density at radius 3 is 2.65 bits per heavy atom. The van der Waals surface area contributed by atoms with Crippen LogP contribution in [0.25, 0.3) is 0 Å². The number of non-ortho nitro benzene ring substituents is 1. The van der Waals surface area contributed by atoms with Crippen molar-refractivity contribution >= 4 is 11.6 Å². The Labute approximate surface area is 116 Å². The lowest BCUT2D eigenvalue weighted by atomic mass is 9.83. The number of benzene rings is 1. The molecule has 1 aliphatic carbocycles. The van der Waals surface area contributed by atoms with Crippen molar-refractivity contribution in [2.45, 2.75) is 31.5 Å². The molecule has 0 saturated heterocycles. The van der Waals surface area contributed by atoms with Crippen LogP contribution in [0.4, 0.5) is 5.69 Å². The van der Waals surface area contributed by atoms with Crippen LogP contribution in [0, 0.1) is 10.1 Å². The summed E-state index contributed by atoms with van der Waals surface area (Å²) >= 11 is 0. The molecule has 7 heteroatoms. The van der Waals surface area contributed by atoms with Crippen LogP contribution in [-0.2, 0) is 4.74 Å². The smallest absolute Gasteiger partial charge is 0.269 e. The number of nitrogens with zero attached hydrogens (tertiary/aromatic N) is 1. The normalized spacial score (nSPS) is 24.8. The summed E-state index contributed by atoms with van der Waals surface area (Å²) in [6.45, 7) is 2.46. The molecule has 0 aromatic heterocycles. The van der Waals surface area contributed by atoms with E-state index in [9.17, 15) is 14.9 Å². The van der Waals surface area contributed by atoms with Gasteiger partial charge < -0.3 is 15.8 Å². The number of hydrogen-bond acceptors (Lipinski definition) is 5. The molecule has 3 atom stereocenters. The number of nitrogens with two attached hydrogens (primary N) is 1. The number of carbonyl (C=O) groups excluding carboxylic acids is 1. The number of amides is 1. The molecule has 1 saturated carbocycles. The van der Waals surface area contributed by atoms with E-state index >= 15 is 0 Å². The van der Waals surface area contributed by atoms with E-state index in [0.29, 0.717) is 12.2 Å². The van der Waals surface area contributed by atoms with Gasteiger partial charge in [-0.05, 0) is 25.5 Å². The van der Waals surface area contributed by atoms with Gasteiger partial charge in [0, 0.05) is 30.3 Å². The zero-order valence-corrected chi connectivity index (χ0v) is 11.1. The summed E-state index contributed by atoms with van der Waals surface area (Å²) in [5.41, 5.74) is 6.17. The van der Waals surface area contributed by atoms with Gasteiger partial charge in [0.05, 0.1) is 17.1 Å². The first kappa shape index (κ1) is 14.4. The molecular weight excluding hydrogens is 262 g/mol. The predicted octanol–water partition coefficient (Wildman–Crippen LogP) is 0.829. The lowest BCUT2D eigenvalue weighted by Crippen LogP contribution is -2.64. The molecule has 0 radical (unpaired) electrons. The average Bonchev–Trinajstić information content (AvgIpc) is 2.44. The summed E-state index contributed by atoms with van der Waals surface area (Å²) in [7, 11) is 0. The van der Waals surface area contributed by atoms with Crippen molar-refractivity contribution in [2.24, 2.45) is 5.73 Å². The summed E-state index contributed by atoms with van der Waals surface area (Å²) in [5.74, 6) is -0.301. The molecule has 3 unspecified atom stereocenters. The van der Waals surface area contributed by atoms with E-state index in [2.05, 4.69) is 5.32 Å². The molecule has 2 rings (SSSR count). The number of rotatable bonds is 5. The molecule has 1 aromatic rings. The summed E-state index contributed by atoms with van der Waals surface area (Å²) in [5, 5.41) is 13.4. The van der Waals surface area contributed by atoms with Gasteiger partial charge in [-0.2, -0.15) is 0 Å². The Hall–Kier alpha value is -1.99. The molecule has 1 amide bonds. The number of nitrogens with one attached hydrogen (secondary N) is 1. The Balaban J connectivity index is 1.99. The molecule has 0 heterocycles. The third-order valence-corrected chi connectivity index (χ3v) is 3.39. The second kappa shape index (κ2) is 5.98. The maximum atomic E-state index is 12.0. The minimum absolute atomic E-state index is 0.0471. The highest BCUT2D eigenvalue weighted by molar-refractivity contribution is 5.94. The molecule has 0 aliphatic heterocycles. The van der Waals surface area contributed by atoms with Crippen molar-refractivity contribution in [3.8, 4) is 0 Å². The number of carbonyl (C=O) groups is 1. The van der Waals surface area contributed by atoms with Gasteiger partial charge >= 0.3 is 0 Å². The van der Waals surface area contributed by atoms with Crippen molar-refractivity contribution in [3.05, 3.63) is 39.9 Å². The summed E-state index contributed by atoms with van der Waals surface area (Å²) in [6, 6.07) is 5.12. The van der Waals surface area contributed by atoms with Crippen LogP contribution in [0.5, 0.6) is 0 Å². The summed E-state index contributed by atoms with van der Waals surface area (Å²) < 4.78 is 5.46. The zero-order valence-electron chi connectivity index (χ0n) is 11.1. The number of ether oxygens (including phenoxy) is 1. The Bertz CT molecular complexity index is 501. The Kier molecular flexibility index (Phi) is 4.31. The van der Waals surface area contributed by atoms with E-state index in [1.807, 2.05) is 6.92 Å². The summed E-state index contributed by atoms with van der Waals surface area (Å²) in [6.07, 6.45) is 0.663. The van der Waals surface area contributed by atoms with Crippen molar-refractivity contribution < 1.29 is 14.5 Å². The summed E-state index contributed by atoms with van der Waals surface area (Å²) in [4.78, 5) is 22.1. The van der Waals surface area contributed by atoms with Crippen LogP contribution < -0.4 is 11.1 Å². The highest BCUT2D eigenvalue weighted by Gasteiger charge is 2.40. The maximum absolute atomic E-state index is 12.0. The fraction of sp³-hybridized carbons (Fsp3) is 0.462. The highest BCUT2D eigenvalue weighted by Crippen LogP contribution is 2.23. The van der Waals surface area contributed by atoms with Crippen LogP contribution >= 0.6 is 0 Å². The predicted molar refractivity (Wildman–Crippen MR) is 72.4 cm³/mol. The van der Waals surface area contributed by atoms with Gasteiger partial charge in [-0.15, -0.1) is 0 Å². The lowest BCUT2D eigenvalue weighted by Gasteiger charge is -2.42. The quantitative estimate of drug-likeness (QED) is 0.613. The minimum atomic E-state index is -0.505. The van der Waals surface area contributed by atoms with Crippen molar-refractivity contribution in [1.82, 2.24) is 5.32 Å². The monoisotopic (exact) mass is 279 g/mol. The molecule has 0 bridgehead atoms. The van der Waals surface area contributed by atoms with Crippen LogP contribution in [-0.4, -0.2) is 35.6 Å². The van der Waals surface area contributed by atoms with E-state index in [-0.39, 0.29) is 29.8 Å². The molecule has 1 aromatic carbocycles. The zero-order chi connectivity index (χ0) is 14.7. The van der Waals surface area contributed by atoms with Crippen LogP contribution in [0.3, 0.4) is 0 Å². The first-order valence-electron chi connectivity index (χ1n) is 6.45. The van der Waals surface area contributed by atoms with Gasteiger partial charge in [0.1, 0.15) is 0 Å². The molecule has 0 spiro atoms. The van der Waals surface area contributed by atoms with E-state index in [0.717, 1.165) is 6.42 Å². The minimum Gasteiger partial charge on any atom is -0.376 e. The van der Waals surface area contributed by atoms with Crippen molar-refractivity contribution in [3.63, 3.8) is 0 Å². The average molecular weight is 279 g/mol. The molecule has 7 nitrogen and oxygen atoms in total. The molecular formula is C13H17N3O4. The van der Waals surface area contributed by atoms with Gasteiger partial charge in [-0.25, -0.2) is 0 Å². The molecule has 1 fully saturated rings. The Morgan fingerprint density at radius 2 is 2.15 bits per heavy atom. The molecule has 108 valence electrons. The van der Waals surface area contributed by atoms with E-state index < -0.39 is 4.92 Å². The Morgan fingerprint density at radius 1 is 1.50 bits per heavy atom. The lowest BCUT2D eigenvalue weighted by molar-refractivity contribution is -0.384. The molecule has 1 aliphatic rings. The molecule has 3 N–H and O–H groups in total. The van der Waals surface area contributed by atoms with E-state index in [4.69, 9.17) is 10.5 Å². The molecule has 20 heavy (non-hydrogen) atoms. The third-order valence-electron chi connectivity index (χ3n) is 3.39. The fourth-order valence-electron chi connectivity index (χ4n) is 2.20. The first-order valence-corrected chi connectivity index (χ1v) is 6.45. The van der Waals surface area contributed by atoms with Gasteiger partial charge in [0.2, 0.25) is 0 Å². The van der Waals surface area contributed by atoms with E-state index in [1.54, 1.807) is 0 Å². The van der Waals surface area contributed by atoms with Crippen molar-refractivity contribution in [2.75, 3.05) is 6.61 Å². The number of nitro benzene ring substituents is 1. The van der Waals surface area contributed by atoms with Crippen molar-refractivity contribution in [1.29, 1.82) is 0 Å². The third kappa shape index (κ3) is 2.94. The van der Waals surface area contributed by atoms with Crippen LogP contribution in [0.2, 0.25) is 0 Å². The van der Waals surface area contributed by atoms with Gasteiger partial charge in [-0.1, -0.05) is 0 Å². The second-order valence-electron chi connectivity index (χ2n) is 4.70. The largest absolute Gasteiger partial charge is 0.376 e. The van der Waals surface area contributed by atoms with Gasteiger partial charge in [0.25, 0.3) is 11.6 Å². The van der Waals surface area contributed by atoms with Gasteiger partial charge in [-0.3, -0.25) is 14.9 Å².